The van der Waals surface area contributed by atoms with E-state index in [1.807, 2.05) is 19.1 Å². The third-order valence-corrected chi connectivity index (χ3v) is 5.60. The van der Waals surface area contributed by atoms with Crippen molar-refractivity contribution in [1.29, 1.82) is 0 Å². The van der Waals surface area contributed by atoms with E-state index < -0.39 is 0 Å². The van der Waals surface area contributed by atoms with Crippen molar-refractivity contribution in [2.75, 3.05) is 7.11 Å². The molecule has 2 aromatic carbocycles. The van der Waals surface area contributed by atoms with Gasteiger partial charge in [0, 0.05) is 5.02 Å². The standard InChI is InChI=1S/C18H14BrClN2O3S/c1-9-12(20)4-3-5-13(9)21-18-22-17(24)15(26-18)8-10-6-11(19)16(23)14(7-10)25-2/h3-8,23H,1-2H3,(H,21,22,24)/b15-8-. The molecule has 134 valence electrons. The van der Waals surface area contributed by atoms with E-state index in [-0.39, 0.29) is 11.7 Å². The molecule has 0 unspecified atom stereocenters. The van der Waals surface area contributed by atoms with E-state index in [2.05, 4.69) is 26.2 Å². The van der Waals surface area contributed by atoms with Gasteiger partial charge in [0.2, 0.25) is 0 Å². The number of thioether (sulfide) groups is 1. The Balaban J connectivity index is 1.91. The van der Waals surface area contributed by atoms with Gasteiger partial charge < -0.3 is 15.2 Å². The van der Waals surface area contributed by atoms with Crippen LogP contribution in [0.4, 0.5) is 5.69 Å². The number of hydrogen-bond acceptors (Lipinski definition) is 5. The minimum atomic E-state index is -0.239. The number of amides is 1. The monoisotopic (exact) mass is 452 g/mol. The zero-order valence-electron chi connectivity index (χ0n) is 13.8. The summed E-state index contributed by atoms with van der Waals surface area (Å²) in [4.78, 5) is 17.2. The fourth-order valence-electron chi connectivity index (χ4n) is 2.29. The maximum absolute atomic E-state index is 12.2. The quantitative estimate of drug-likeness (QED) is 0.640. The van der Waals surface area contributed by atoms with E-state index in [0.29, 0.717) is 36.6 Å². The number of aliphatic imine (C=N–C) groups is 1. The first-order chi connectivity index (χ1) is 12.4. The van der Waals surface area contributed by atoms with Gasteiger partial charge in [-0.2, -0.15) is 0 Å². The lowest BCUT2D eigenvalue weighted by Crippen LogP contribution is -2.19. The van der Waals surface area contributed by atoms with E-state index in [9.17, 15) is 9.90 Å². The molecule has 1 fully saturated rings. The number of carbonyl (C=O) groups is 1. The second-order valence-electron chi connectivity index (χ2n) is 5.42. The largest absolute Gasteiger partial charge is 0.503 e. The highest BCUT2D eigenvalue weighted by atomic mass is 79.9. The van der Waals surface area contributed by atoms with Crippen molar-refractivity contribution < 1.29 is 14.6 Å². The van der Waals surface area contributed by atoms with E-state index in [1.54, 1.807) is 24.3 Å². The molecular weight excluding hydrogens is 440 g/mol. The zero-order chi connectivity index (χ0) is 18.8. The molecule has 3 rings (SSSR count). The Kier molecular flexibility index (Phi) is 5.60. The molecule has 1 aliphatic rings. The molecule has 0 aromatic heterocycles. The highest BCUT2D eigenvalue weighted by molar-refractivity contribution is 9.10. The Morgan fingerprint density at radius 2 is 2.15 bits per heavy atom. The molecule has 0 bridgehead atoms. The van der Waals surface area contributed by atoms with Gasteiger partial charge in [-0.15, -0.1) is 0 Å². The summed E-state index contributed by atoms with van der Waals surface area (Å²) in [6, 6.07) is 8.80. The second-order valence-corrected chi connectivity index (χ2v) is 7.71. The molecule has 1 amide bonds. The maximum Gasteiger partial charge on any atom is 0.264 e. The smallest absolute Gasteiger partial charge is 0.264 e. The number of rotatable bonds is 3. The van der Waals surface area contributed by atoms with Crippen LogP contribution in [0.2, 0.25) is 5.02 Å². The molecule has 1 heterocycles. The maximum atomic E-state index is 12.2. The fourth-order valence-corrected chi connectivity index (χ4v) is 3.76. The number of nitrogens with one attached hydrogen (secondary N) is 1. The summed E-state index contributed by atoms with van der Waals surface area (Å²) in [6.07, 6.45) is 1.71. The predicted octanol–water partition coefficient (Wildman–Crippen LogP) is 5.02. The first-order valence-corrected chi connectivity index (χ1v) is 9.49. The van der Waals surface area contributed by atoms with Crippen LogP contribution < -0.4 is 10.1 Å². The number of nitrogens with zero attached hydrogens (tertiary/aromatic N) is 1. The average Bonchev–Trinajstić information content (AvgIpc) is 2.94. The van der Waals surface area contributed by atoms with Gasteiger partial charge >= 0.3 is 0 Å². The molecular formula is C18H14BrClN2O3S. The molecule has 0 saturated carbocycles. The van der Waals surface area contributed by atoms with Crippen LogP contribution in [0, 0.1) is 6.92 Å². The number of phenols is 1. The summed E-state index contributed by atoms with van der Waals surface area (Å²) < 4.78 is 5.61. The minimum Gasteiger partial charge on any atom is -0.503 e. The minimum absolute atomic E-state index is 0.0110. The Labute approximate surface area is 168 Å². The first-order valence-electron chi connectivity index (χ1n) is 7.50. The molecule has 2 N–H and O–H groups in total. The lowest BCUT2D eigenvalue weighted by molar-refractivity contribution is -0.115. The Morgan fingerprint density at radius 3 is 2.88 bits per heavy atom. The van der Waals surface area contributed by atoms with Gasteiger partial charge in [-0.1, -0.05) is 17.7 Å². The van der Waals surface area contributed by atoms with Gasteiger partial charge in [0.15, 0.2) is 16.7 Å². The molecule has 1 aliphatic heterocycles. The van der Waals surface area contributed by atoms with E-state index in [1.165, 1.54) is 18.9 Å². The SMILES string of the molecule is COc1cc(/C=C2\SC(=Nc3cccc(Cl)c3C)NC2=O)cc(Br)c1O. The molecule has 8 heteroatoms. The molecule has 0 atom stereocenters. The number of benzene rings is 2. The molecule has 0 aliphatic carbocycles. The fraction of sp³-hybridized carbons (Fsp3) is 0.111. The van der Waals surface area contributed by atoms with Gasteiger partial charge in [-0.25, -0.2) is 4.99 Å². The highest BCUT2D eigenvalue weighted by Gasteiger charge is 2.24. The molecule has 2 aromatic rings. The Bertz CT molecular complexity index is 960. The summed E-state index contributed by atoms with van der Waals surface area (Å²) in [5, 5.41) is 13.7. The van der Waals surface area contributed by atoms with Crippen LogP contribution in [-0.2, 0) is 4.79 Å². The summed E-state index contributed by atoms with van der Waals surface area (Å²) >= 11 is 10.6. The van der Waals surface area contributed by atoms with Crippen LogP contribution >= 0.6 is 39.3 Å². The number of hydrogen-bond donors (Lipinski definition) is 2. The van der Waals surface area contributed by atoms with E-state index in [0.717, 1.165) is 5.56 Å². The average molecular weight is 454 g/mol. The molecule has 1 saturated heterocycles. The van der Waals surface area contributed by atoms with Crippen LogP contribution in [0.15, 0.2) is 44.7 Å². The molecule has 5 nitrogen and oxygen atoms in total. The highest BCUT2D eigenvalue weighted by Crippen LogP contribution is 2.37. The Hall–Kier alpha value is -1.96. The van der Waals surface area contributed by atoms with Gasteiger partial charge in [0.25, 0.3) is 5.91 Å². The Morgan fingerprint density at radius 1 is 1.38 bits per heavy atom. The topological polar surface area (TPSA) is 70.9 Å². The summed E-state index contributed by atoms with van der Waals surface area (Å²) in [5.41, 5.74) is 2.26. The lowest BCUT2D eigenvalue weighted by atomic mass is 10.2. The van der Waals surface area contributed by atoms with E-state index >= 15 is 0 Å². The van der Waals surface area contributed by atoms with Crippen LogP contribution in [0.5, 0.6) is 11.5 Å². The van der Waals surface area contributed by atoms with Crippen molar-refractivity contribution in [2.45, 2.75) is 6.92 Å². The number of carbonyl (C=O) groups excluding carboxylic acids is 1. The van der Waals surface area contributed by atoms with Crippen molar-refractivity contribution in [3.05, 3.63) is 55.9 Å². The van der Waals surface area contributed by atoms with E-state index in [4.69, 9.17) is 16.3 Å². The van der Waals surface area contributed by atoms with Crippen molar-refractivity contribution >= 4 is 62.1 Å². The third kappa shape index (κ3) is 3.90. The van der Waals surface area contributed by atoms with Crippen LogP contribution in [0.3, 0.4) is 0 Å². The van der Waals surface area contributed by atoms with Crippen molar-refractivity contribution in [3.8, 4) is 11.5 Å². The number of amidine groups is 1. The van der Waals surface area contributed by atoms with Gasteiger partial charge in [-0.05, 0) is 76.1 Å². The first kappa shape index (κ1) is 18.8. The zero-order valence-corrected chi connectivity index (χ0v) is 17.0. The number of aromatic hydroxyl groups is 1. The van der Waals surface area contributed by atoms with Gasteiger partial charge in [0.05, 0.1) is 22.2 Å². The molecule has 0 radical (unpaired) electrons. The number of ether oxygens (including phenoxy) is 1. The number of methoxy groups -OCH3 is 1. The number of halogens is 2. The van der Waals surface area contributed by atoms with Crippen molar-refractivity contribution in [2.24, 2.45) is 4.99 Å². The summed E-state index contributed by atoms with van der Waals surface area (Å²) in [7, 11) is 1.47. The summed E-state index contributed by atoms with van der Waals surface area (Å²) in [6.45, 7) is 1.88. The van der Waals surface area contributed by atoms with Crippen LogP contribution in [0.25, 0.3) is 6.08 Å². The molecule has 0 spiro atoms. The number of phenolic OH excluding ortho intramolecular Hbond substituents is 1. The normalized spacial score (nSPS) is 17.0. The third-order valence-electron chi connectivity index (χ3n) is 3.68. The lowest BCUT2D eigenvalue weighted by Gasteiger charge is -2.06. The molecule has 26 heavy (non-hydrogen) atoms. The van der Waals surface area contributed by atoms with Gasteiger partial charge in [0.1, 0.15) is 0 Å². The van der Waals surface area contributed by atoms with Crippen molar-refractivity contribution in [1.82, 2.24) is 5.32 Å². The summed E-state index contributed by atoms with van der Waals surface area (Å²) in [5.74, 6) is 0.0894. The van der Waals surface area contributed by atoms with Crippen LogP contribution in [-0.4, -0.2) is 23.3 Å². The second kappa shape index (κ2) is 7.73. The van der Waals surface area contributed by atoms with Crippen molar-refractivity contribution in [3.63, 3.8) is 0 Å². The predicted molar refractivity (Wildman–Crippen MR) is 109 cm³/mol. The van der Waals surface area contributed by atoms with Crippen LogP contribution in [0.1, 0.15) is 11.1 Å². The van der Waals surface area contributed by atoms with Gasteiger partial charge in [-0.3, -0.25) is 4.79 Å².